The first kappa shape index (κ1) is 12.8. The zero-order chi connectivity index (χ0) is 13.1. The van der Waals surface area contributed by atoms with Gasteiger partial charge in [-0.05, 0) is 13.3 Å². The van der Waals surface area contributed by atoms with Gasteiger partial charge < -0.3 is 19.9 Å². The molecule has 0 spiro atoms. The van der Waals surface area contributed by atoms with E-state index in [1.54, 1.807) is 6.20 Å². The number of hydrogen-bond donors (Lipinski definition) is 1. The van der Waals surface area contributed by atoms with Crippen LogP contribution < -0.4 is 5.32 Å². The summed E-state index contributed by atoms with van der Waals surface area (Å²) < 4.78 is 4.83. The minimum Gasteiger partial charge on any atom is -0.466 e. The molecule has 0 radical (unpaired) electrons. The highest BCUT2D eigenvalue weighted by Gasteiger charge is 2.30. The molecule has 2 aliphatic rings. The Hall–Kier alpha value is -1.65. The van der Waals surface area contributed by atoms with Gasteiger partial charge in [0.25, 0.3) is 0 Å². The highest BCUT2D eigenvalue weighted by molar-refractivity contribution is 5.88. The largest absolute Gasteiger partial charge is 0.466 e. The molecule has 0 aliphatic carbocycles. The molecule has 2 atom stereocenters. The Bertz CT molecular complexity index is 378. The Labute approximate surface area is 108 Å². The number of ether oxygens (including phenoxy) is 1. The number of fused-ring (bicyclic) bond motifs is 1. The van der Waals surface area contributed by atoms with Crippen molar-refractivity contribution >= 4 is 5.97 Å². The third-order valence-electron chi connectivity index (χ3n) is 3.63. The Morgan fingerprint density at radius 3 is 3.00 bits per heavy atom. The van der Waals surface area contributed by atoms with Gasteiger partial charge in [-0.3, -0.25) is 0 Å². The summed E-state index contributed by atoms with van der Waals surface area (Å²) in [5.41, 5.74) is 0.692. The lowest BCUT2D eigenvalue weighted by molar-refractivity contribution is -0.136. The summed E-state index contributed by atoms with van der Waals surface area (Å²) in [6.07, 6.45) is 7.87. The highest BCUT2D eigenvalue weighted by atomic mass is 16.5. The van der Waals surface area contributed by atoms with E-state index >= 15 is 0 Å². The molecule has 0 saturated heterocycles. The van der Waals surface area contributed by atoms with Crippen LogP contribution in [0.15, 0.2) is 24.2 Å². The molecule has 2 rings (SSSR count). The normalized spacial score (nSPS) is 30.5. The third kappa shape index (κ3) is 2.44. The average Bonchev–Trinajstić information content (AvgIpc) is 2.75. The predicted octanol–water partition coefficient (Wildman–Crippen LogP) is 0.860. The fourth-order valence-electron chi connectivity index (χ4n) is 2.45. The van der Waals surface area contributed by atoms with Crippen LogP contribution in [-0.2, 0) is 9.53 Å². The third-order valence-corrected chi connectivity index (χ3v) is 3.63. The van der Waals surface area contributed by atoms with E-state index in [9.17, 15) is 4.79 Å². The summed E-state index contributed by atoms with van der Waals surface area (Å²) in [5.74, 6) is -0.252. The number of hydrogen-bond acceptors (Lipinski definition) is 5. The van der Waals surface area contributed by atoms with Crippen LogP contribution in [0.1, 0.15) is 19.8 Å². The van der Waals surface area contributed by atoms with E-state index in [1.165, 1.54) is 7.11 Å². The fourth-order valence-corrected chi connectivity index (χ4v) is 2.45. The molecule has 0 aromatic rings. The first-order valence-electron chi connectivity index (χ1n) is 6.32. The smallest absolute Gasteiger partial charge is 0.335 e. The van der Waals surface area contributed by atoms with Crippen molar-refractivity contribution in [2.45, 2.75) is 32.0 Å². The molecular formula is C13H21N3O2. The number of nitrogens with one attached hydrogen (secondary N) is 1. The zero-order valence-corrected chi connectivity index (χ0v) is 11.2. The van der Waals surface area contributed by atoms with Crippen LogP contribution in [0.2, 0.25) is 0 Å². The number of esters is 1. The van der Waals surface area contributed by atoms with Gasteiger partial charge in [0.15, 0.2) is 0 Å². The molecule has 18 heavy (non-hydrogen) atoms. The molecule has 0 bridgehead atoms. The van der Waals surface area contributed by atoms with Crippen molar-refractivity contribution in [2.75, 3.05) is 20.7 Å². The molecule has 100 valence electrons. The van der Waals surface area contributed by atoms with Gasteiger partial charge in [-0.2, -0.15) is 0 Å². The van der Waals surface area contributed by atoms with Gasteiger partial charge in [0.2, 0.25) is 0 Å². The summed E-state index contributed by atoms with van der Waals surface area (Å²) in [4.78, 5) is 16.2. The second-order valence-electron chi connectivity index (χ2n) is 4.85. The first-order chi connectivity index (χ1) is 8.63. The SMILES string of the molecule is COC(=O)/C1=C/NCCC(C)N2C=CN(C)C2C1. The van der Waals surface area contributed by atoms with Crippen molar-refractivity contribution in [1.82, 2.24) is 15.1 Å². The Kier molecular flexibility index (Phi) is 3.79. The van der Waals surface area contributed by atoms with Crippen LogP contribution in [0.5, 0.6) is 0 Å². The van der Waals surface area contributed by atoms with Crippen LogP contribution in [0.3, 0.4) is 0 Å². The summed E-state index contributed by atoms with van der Waals surface area (Å²) >= 11 is 0. The van der Waals surface area contributed by atoms with Gasteiger partial charge in [0.1, 0.15) is 6.17 Å². The lowest BCUT2D eigenvalue weighted by Gasteiger charge is -2.34. The topological polar surface area (TPSA) is 44.8 Å². The van der Waals surface area contributed by atoms with E-state index in [1.807, 2.05) is 7.05 Å². The number of carbonyl (C=O) groups is 1. The van der Waals surface area contributed by atoms with Gasteiger partial charge in [-0.1, -0.05) is 0 Å². The van der Waals surface area contributed by atoms with Gasteiger partial charge in [0, 0.05) is 44.7 Å². The number of nitrogens with zero attached hydrogens (tertiary/aromatic N) is 2. The maximum Gasteiger partial charge on any atom is 0.335 e. The standard InChI is InChI=1S/C13H21N3O2/c1-10-4-5-14-9-11(13(17)18-3)8-12-15(2)6-7-16(10)12/h6-7,9-10,12,14H,4-5,8H2,1-3H3/b11-9+. The van der Waals surface area contributed by atoms with Crippen molar-refractivity contribution in [3.8, 4) is 0 Å². The quantitative estimate of drug-likeness (QED) is 0.700. The van der Waals surface area contributed by atoms with Crippen LogP contribution in [0.4, 0.5) is 0 Å². The summed E-state index contributed by atoms with van der Waals surface area (Å²) in [6, 6.07) is 0.453. The highest BCUT2D eigenvalue weighted by Crippen LogP contribution is 2.25. The molecule has 0 aromatic carbocycles. The van der Waals surface area contributed by atoms with E-state index in [0.717, 1.165) is 13.0 Å². The Morgan fingerprint density at radius 1 is 1.50 bits per heavy atom. The van der Waals surface area contributed by atoms with E-state index in [-0.39, 0.29) is 12.1 Å². The van der Waals surface area contributed by atoms with Crippen molar-refractivity contribution in [3.05, 3.63) is 24.2 Å². The van der Waals surface area contributed by atoms with Gasteiger partial charge in [-0.15, -0.1) is 0 Å². The first-order valence-corrected chi connectivity index (χ1v) is 6.32. The average molecular weight is 251 g/mol. The molecule has 0 saturated carbocycles. The molecule has 5 heteroatoms. The Morgan fingerprint density at radius 2 is 2.28 bits per heavy atom. The molecule has 2 heterocycles. The molecule has 2 aliphatic heterocycles. The van der Waals surface area contributed by atoms with Crippen LogP contribution in [0, 0.1) is 0 Å². The lowest BCUT2D eigenvalue weighted by Crippen LogP contribution is -2.42. The van der Waals surface area contributed by atoms with Gasteiger partial charge in [-0.25, -0.2) is 4.79 Å². The molecule has 0 aromatic heterocycles. The zero-order valence-electron chi connectivity index (χ0n) is 11.2. The van der Waals surface area contributed by atoms with Crippen molar-refractivity contribution in [3.63, 3.8) is 0 Å². The number of carbonyl (C=O) groups excluding carboxylic acids is 1. The second-order valence-corrected chi connectivity index (χ2v) is 4.85. The molecule has 2 unspecified atom stereocenters. The van der Waals surface area contributed by atoms with E-state index < -0.39 is 0 Å². The summed E-state index contributed by atoms with van der Waals surface area (Å²) in [6.45, 7) is 3.07. The molecule has 5 nitrogen and oxygen atoms in total. The molecule has 0 amide bonds. The van der Waals surface area contributed by atoms with Crippen molar-refractivity contribution in [2.24, 2.45) is 0 Å². The maximum atomic E-state index is 11.7. The summed E-state index contributed by atoms with van der Waals surface area (Å²) in [7, 11) is 3.46. The van der Waals surface area contributed by atoms with Gasteiger partial charge in [0.05, 0.1) is 12.7 Å². The number of methoxy groups -OCH3 is 1. The number of rotatable bonds is 1. The van der Waals surface area contributed by atoms with Crippen LogP contribution in [0.25, 0.3) is 0 Å². The monoisotopic (exact) mass is 251 g/mol. The fraction of sp³-hybridized carbons (Fsp3) is 0.615. The minimum absolute atomic E-state index is 0.199. The van der Waals surface area contributed by atoms with Gasteiger partial charge >= 0.3 is 5.97 Å². The van der Waals surface area contributed by atoms with E-state index in [2.05, 4.69) is 34.4 Å². The van der Waals surface area contributed by atoms with Crippen LogP contribution >= 0.6 is 0 Å². The molecule has 1 N–H and O–H groups in total. The Balaban J connectivity index is 2.20. The maximum absolute atomic E-state index is 11.7. The molecule has 0 fully saturated rings. The van der Waals surface area contributed by atoms with Crippen molar-refractivity contribution < 1.29 is 9.53 Å². The minimum atomic E-state index is -0.252. The lowest BCUT2D eigenvalue weighted by atomic mass is 10.1. The van der Waals surface area contributed by atoms with E-state index in [4.69, 9.17) is 4.74 Å². The summed E-state index contributed by atoms with van der Waals surface area (Å²) in [5, 5.41) is 3.19. The van der Waals surface area contributed by atoms with Crippen molar-refractivity contribution in [1.29, 1.82) is 0 Å². The molecular weight excluding hydrogens is 230 g/mol. The van der Waals surface area contributed by atoms with E-state index in [0.29, 0.717) is 18.0 Å². The second kappa shape index (κ2) is 5.33. The van der Waals surface area contributed by atoms with Crippen LogP contribution in [-0.4, -0.2) is 48.7 Å². The predicted molar refractivity (Wildman–Crippen MR) is 69.3 cm³/mol.